The first kappa shape index (κ1) is 31.9. The van der Waals surface area contributed by atoms with Crippen molar-refractivity contribution >= 4 is 29.8 Å². The molecule has 0 aromatic carbocycles. The Kier molecular flexibility index (Phi) is 23.1. The van der Waals surface area contributed by atoms with Gasteiger partial charge in [0.25, 0.3) is 0 Å². The highest BCUT2D eigenvalue weighted by molar-refractivity contribution is 5.74. The zero-order valence-corrected chi connectivity index (χ0v) is 14.9. The van der Waals surface area contributed by atoms with Gasteiger partial charge in [-0.1, -0.05) is 0 Å². The molecule has 27 heavy (non-hydrogen) atoms. The van der Waals surface area contributed by atoms with Gasteiger partial charge in [0.1, 0.15) is 18.1 Å². The molecule has 0 aromatic heterocycles. The molecule has 0 aromatic rings. The second kappa shape index (κ2) is 19.5. The molecule has 0 radical (unpaired) electrons. The fourth-order valence-corrected chi connectivity index (χ4v) is 0.402. The van der Waals surface area contributed by atoms with Gasteiger partial charge in [0.05, 0.1) is 6.54 Å². The standard InChI is InChI=1S/C5H9NO4.2C3H7NO2.C2H5NO2/c6-3(5(9)10)1-2-4(7)8;2*1-2(4)3(5)6;3-1-2(4)5/h3H,1-2,6H2,(H,7,8)(H,9,10);2*2H,4H2,1H3,(H,5,6);1,3H2,(H,4,5)/t;2*2-;/m.10./s1. The molecule has 14 nitrogen and oxygen atoms in total. The van der Waals surface area contributed by atoms with Crippen molar-refractivity contribution in [2.45, 2.75) is 44.8 Å². The van der Waals surface area contributed by atoms with Gasteiger partial charge in [-0.2, -0.15) is 0 Å². The lowest BCUT2D eigenvalue weighted by Crippen LogP contribution is -2.30. The van der Waals surface area contributed by atoms with Gasteiger partial charge < -0.3 is 48.5 Å². The molecule has 0 saturated carbocycles. The van der Waals surface area contributed by atoms with Crippen molar-refractivity contribution in [2.24, 2.45) is 22.9 Å². The Balaban J connectivity index is -0.000000137. The summed E-state index contributed by atoms with van der Waals surface area (Å²) in [6, 6.07) is -2.52. The monoisotopic (exact) mass is 400 g/mol. The molecule has 0 fully saturated rings. The van der Waals surface area contributed by atoms with Crippen molar-refractivity contribution in [3.8, 4) is 0 Å². The molecule has 0 aliphatic carbocycles. The van der Waals surface area contributed by atoms with Crippen LogP contribution in [0.5, 0.6) is 0 Å². The average molecular weight is 400 g/mol. The van der Waals surface area contributed by atoms with Crippen LogP contribution in [0.15, 0.2) is 0 Å². The number of rotatable bonds is 7. The third-order valence-electron chi connectivity index (χ3n) is 1.94. The number of nitrogens with two attached hydrogens (primary N) is 4. The molecule has 0 heterocycles. The quantitative estimate of drug-likeness (QED) is 0.207. The third-order valence-corrected chi connectivity index (χ3v) is 1.94. The number of hydrogen-bond acceptors (Lipinski definition) is 9. The van der Waals surface area contributed by atoms with Crippen LogP contribution in [0.2, 0.25) is 0 Å². The van der Waals surface area contributed by atoms with Gasteiger partial charge in [-0.05, 0) is 20.3 Å². The van der Waals surface area contributed by atoms with E-state index in [9.17, 15) is 24.0 Å². The van der Waals surface area contributed by atoms with Crippen LogP contribution in [0.3, 0.4) is 0 Å². The van der Waals surface area contributed by atoms with Gasteiger partial charge in [0.15, 0.2) is 0 Å². The summed E-state index contributed by atoms with van der Waals surface area (Å²) in [6.07, 6.45) is -0.224. The van der Waals surface area contributed by atoms with E-state index in [-0.39, 0.29) is 19.4 Å². The number of carboxylic acid groups (broad SMARTS) is 5. The van der Waals surface area contributed by atoms with Crippen LogP contribution >= 0.6 is 0 Å². The lowest BCUT2D eigenvalue weighted by Gasteiger charge is -2.01. The van der Waals surface area contributed by atoms with Crippen molar-refractivity contribution in [3.05, 3.63) is 0 Å². The van der Waals surface area contributed by atoms with E-state index >= 15 is 0 Å². The first-order valence-electron chi connectivity index (χ1n) is 7.18. The molecular formula is C13H28N4O10. The largest absolute Gasteiger partial charge is 0.481 e. The second-order valence-corrected chi connectivity index (χ2v) is 4.73. The number of carboxylic acids is 5. The van der Waals surface area contributed by atoms with Gasteiger partial charge in [0.2, 0.25) is 0 Å². The van der Waals surface area contributed by atoms with E-state index in [2.05, 4.69) is 5.73 Å². The molecule has 0 bridgehead atoms. The minimum atomic E-state index is -1.17. The van der Waals surface area contributed by atoms with Gasteiger partial charge >= 0.3 is 29.8 Å². The van der Waals surface area contributed by atoms with E-state index < -0.39 is 48.0 Å². The Morgan fingerprint density at radius 2 is 0.963 bits per heavy atom. The fourth-order valence-electron chi connectivity index (χ4n) is 0.402. The molecule has 3 atom stereocenters. The van der Waals surface area contributed by atoms with Crippen LogP contribution in [0.25, 0.3) is 0 Å². The third kappa shape index (κ3) is 39.7. The van der Waals surface area contributed by atoms with Gasteiger partial charge in [-0.15, -0.1) is 0 Å². The first-order valence-corrected chi connectivity index (χ1v) is 7.18. The summed E-state index contributed by atoms with van der Waals surface area (Å²) in [7, 11) is 0. The highest BCUT2D eigenvalue weighted by Gasteiger charge is 2.12. The molecule has 0 rings (SSSR count). The Morgan fingerprint density at radius 3 is 1.07 bits per heavy atom. The second-order valence-electron chi connectivity index (χ2n) is 4.73. The van der Waals surface area contributed by atoms with Crippen LogP contribution in [0.1, 0.15) is 26.7 Å². The van der Waals surface area contributed by atoms with E-state index in [0.717, 1.165) is 0 Å². The van der Waals surface area contributed by atoms with Crippen LogP contribution in [-0.4, -0.2) is 80.0 Å². The molecule has 0 amide bonds. The average Bonchev–Trinajstić information content (AvgIpc) is 2.53. The molecule has 160 valence electrons. The molecule has 14 heteroatoms. The molecule has 0 aliphatic rings. The van der Waals surface area contributed by atoms with Gasteiger partial charge in [-0.3, -0.25) is 24.0 Å². The highest BCUT2D eigenvalue weighted by atomic mass is 16.4. The number of aliphatic carboxylic acids is 5. The smallest absolute Gasteiger partial charge is 0.320 e. The summed E-state index contributed by atoms with van der Waals surface area (Å²) >= 11 is 0. The molecule has 0 spiro atoms. The van der Waals surface area contributed by atoms with E-state index in [1.54, 1.807) is 0 Å². The summed E-state index contributed by atoms with van der Waals surface area (Å²) in [5, 5.41) is 39.6. The van der Waals surface area contributed by atoms with E-state index in [1.165, 1.54) is 13.8 Å². The van der Waals surface area contributed by atoms with Crippen LogP contribution in [0, 0.1) is 0 Å². The maximum Gasteiger partial charge on any atom is 0.320 e. The molecule has 13 N–H and O–H groups in total. The topological polar surface area (TPSA) is 291 Å². The van der Waals surface area contributed by atoms with E-state index in [4.69, 9.17) is 42.7 Å². The minimum absolute atomic E-state index is 0.0231. The van der Waals surface area contributed by atoms with Gasteiger partial charge in [0, 0.05) is 6.42 Å². The van der Waals surface area contributed by atoms with Gasteiger partial charge in [-0.25, -0.2) is 0 Å². The fraction of sp³-hybridized carbons (Fsp3) is 0.615. The highest BCUT2D eigenvalue weighted by Crippen LogP contribution is 1.93. The Labute approximate surface area is 154 Å². The van der Waals surface area contributed by atoms with Crippen LogP contribution < -0.4 is 22.9 Å². The molecular weight excluding hydrogens is 372 g/mol. The molecule has 0 aliphatic heterocycles. The summed E-state index contributed by atoms with van der Waals surface area (Å²) in [5.74, 6) is -5.09. The first-order chi connectivity index (χ1) is 12.1. The van der Waals surface area contributed by atoms with E-state index in [0.29, 0.717) is 0 Å². The Bertz CT molecular complexity index is 450. The van der Waals surface area contributed by atoms with Crippen molar-refractivity contribution in [2.75, 3.05) is 6.54 Å². The van der Waals surface area contributed by atoms with Crippen molar-refractivity contribution in [1.82, 2.24) is 0 Å². The summed E-state index contributed by atoms with van der Waals surface area (Å²) in [4.78, 5) is 48.3. The van der Waals surface area contributed by atoms with E-state index in [1.807, 2.05) is 0 Å². The maximum absolute atomic E-state index is 9.99. The maximum atomic E-state index is 9.99. The zero-order valence-electron chi connectivity index (χ0n) is 14.9. The van der Waals surface area contributed by atoms with Crippen molar-refractivity contribution in [3.63, 3.8) is 0 Å². The summed E-state index contributed by atoms with van der Waals surface area (Å²) < 4.78 is 0. The summed E-state index contributed by atoms with van der Waals surface area (Å²) in [6.45, 7) is 2.56. The SMILES string of the molecule is C[C@@H](N)C(=O)O.C[C@H](N)C(=O)O.NC(CCC(=O)O)C(=O)O.NCC(=O)O. The predicted molar refractivity (Wildman–Crippen MR) is 91.7 cm³/mol. The lowest BCUT2D eigenvalue weighted by atomic mass is 10.2. The lowest BCUT2D eigenvalue weighted by molar-refractivity contribution is -0.140. The number of hydrogen-bond donors (Lipinski definition) is 9. The Morgan fingerprint density at radius 1 is 0.704 bits per heavy atom. The van der Waals surface area contributed by atoms with Crippen LogP contribution in [-0.2, 0) is 24.0 Å². The van der Waals surface area contributed by atoms with Crippen LogP contribution in [0.4, 0.5) is 0 Å². The number of carbonyl (C=O) groups is 5. The van der Waals surface area contributed by atoms with Crippen molar-refractivity contribution < 1.29 is 49.5 Å². The van der Waals surface area contributed by atoms with Crippen molar-refractivity contribution in [1.29, 1.82) is 0 Å². The predicted octanol–water partition coefficient (Wildman–Crippen LogP) is -2.87. The molecule has 0 saturated heterocycles. The summed E-state index contributed by atoms with van der Waals surface area (Å²) in [5.41, 5.74) is 19.2. The minimum Gasteiger partial charge on any atom is -0.481 e. The normalized spacial score (nSPS) is 12.1. The Hall–Kier alpha value is -2.81. The zero-order chi connectivity index (χ0) is 22.7. The molecule has 1 unspecified atom stereocenters.